The molecule has 0 radical (unpaired) electrons. The molecule has 4 nitrogen and oxygen atoms in total. The van der Waals surface area contributed by atoms with E-state index in [0.717, 1.165) is 10.5 Å². The van der Waals surface area contributed by atoms with Gasteiger partial charge in [-0.25, -0.2) is 0 Å². The molecule has 0 spiro atoms. The van der Waals surface area contributed by atoms with Crippen molar-refractivity contribution in [3.8, 4) is 0 Å². The molecule has 0 bridgehead atoms. The first-order valence-corrected chi connectivity index (χ1v) is 10.0. The molecule has 0 aliphatic heterocycles. The van der Waals surface area contributed by atoms with E-state index >= 15 is 0 Å². The zero-order valence-corrected chi connectivity index (χ0v) is 16.8. The van der Waals surface area contributed by atoms with Crippen molar-refractivity contribution >= 4 is 46.6 Å². The van der Waals surface area contributed by atoms with Crippen LogP contribution in [0.25, 0.3) is 0 Å². The van der Waals surface area contributed by atoms with Gasteiger partial charge in [-0.2, -0.15) is 0 Å². The second-order valence-corrected chi connectivity index (χ2v) is 7.62. The zero-order valence-electron chi connectivity index (χ0n) is 15.2. The van der Waals surface area contributed by atoms with Crippen LogP contribution in [0.5, 0.6) is 0 Å². The predicted molar refractivity (Wildman–Crippen MR) is 116 cm³/mol. The SMILES string of the molecule is Cc1ccccc1C(=O)Nc1ccc(SCC(=O)Nc2ccc(Cl)cc2)cc1. The highest BCUT2D eigenvalue weighted by atomic mass is 35.5. The Kier molecular flexibility index (Phi) is 6.74. The number of carbonyl (C=O) groups is 2. The fraction of sp³-hybridized carbons (Fsp3) is 0.0909. The minimum absolute atomic E-state index is 0.0933. The van der Waals surface area contributed by atoms with Gasteiger partial charge in [0, 0.05) is 26.9 Å². The number of thioether (sulfide) groups is 1. The Morgan fingerprint density at radius 1 is 0.857 bits per heavy atom. The quantitative estimate of drug-likeness (QED) is 0.517. The van der Waals surface area contributed by atoms with Crippen LogP contribution in [-0.2, 0) is 4.79 Å². The molecule has 3 aromatic carbocycles. The molecule has 0 aliphatic carbocycles. The van der Waals surface area contributed by atoms with Crippen LogP contribution in [-0.4, -0.2) is 17.6 Å². The Morgan fingerprint density at radius 3 is 2.14 bits per heavy atom. The Hall–Kier alpha value is -2.76. The van der Waals surface area contributed by atoms with E-state index in [0.29, 0.717) is 22.0 Å². The number of anilines is 2. The van der Waals surface area contributed by atoms with Gasteiger partial charge in [-0.15, -0.1) is 11.8 Å². The highest BCUT2D eigenvalue weighted by molar-refractivity contribution is 8.00. The van der Waals surface area contributed by atoms with E-state index in [9.17, 15) is 9.59 Å². The monoisotopic (exact) mass is 410 g/mol. The lowest BCUT2D eigenvalue weighted by molar-refractivity contribution is -0.113. The Balaban J connectivity index is 1.51. The third-order valence-electron chi connectivity index (χ3n) is 4.00. The van der Waals surface area contributed by atoms with Crippen LogP contribution in [0.15, 0.2) is 77.7 Å². The number of aryl methyl sites for hydroxylation is 1. The maximum atomic E-state index is 12.4. The average Bonchev–Trinajstić information content (AvgIpc) is 2.69. The third kappa shape index (κ3) is 5.62. The summed E-state index contributed by atoms with van der Waals surface area (Å²) in [6.45, 7) is 1.91. The first-order valence-electron chi connectivity index (χ1n) is 8.66. The molecule has 0 saturated carbocycles. The number of rotatable bonds is 6. The van der Waals surface area contributed by atoms with E-state index in [2.05, 4.69) is 10.6 Å². The molecule has 0 saturated heterocycles. The van der Waals surface area contributed by atoms with Gasteiger partial charge in [-0.05, 0) is 67.1 Å². The van der Waals surface area contributed by atoms with Crippen LogP contribution >= 0.6 is 23.4 Å². The summed E-state index contributed by atoms with van der Waals surface area (Å²) >= 11 is 7.26. The van der Waals surface area contributed by atoms with Crippen molar-refractivity contribution < 1.29 is 9.59 Å². The summed E-state index contributed by atoms with van der Waals surface area (Å²) in [5.41, 5.74) is 3.01. The highest BCUT2D eigenvalue weighted by Crippen LogP contribution is 2.22. The van der Waals surface area contributed by atoms with E-state index in [1.165, 1.54) is 11.8 Å². The molecule has 0 heterocycles. The van der Waals surface area contributed by atoms with E-state index in [-0.39, 0.29) is 17.6 Å². The number of nitrogens with one attached hydrogen (secondary N) is 2. The second kappa shape index (κ2) is 9.44. The fourth-order valence-corrected chi connectivity index (χ4v) is 3.36. The standard InChI is InChI=1S/C22H19ClN2O2S/c1-15-4-2-3-5-20(15)22(27)25-18-10-12-19(13-11-18)28-14-21(26)24-17-8-6-16(23)7-9-17/h2-13H,14H2,1H3,(H,24,26)(H,25,27). The van der Waals surface area contributed by atoms with E-state index in [4.69, 9.17) is 11.6 Å². The minimum Gasteiger partial charge on any atom is -0.325 e. The normalized spacial score (nSPS) is 10.4. The van der Waals surface area contributed by atoms with Gasteiger partial charge < -0.3 is 10.6 Å². The Morgan fingerprint density at radius 2 is 1.46 bits per heavy atom. The van der Waals surface area contributed by atoms with Gasteiger partial charge in [0.15, 0.2) is 0 Å². The van der Waals surface area contributed by atoms with Crippen molar-refractivity contribution in [2.24, 2.45) is 0 Å². The molecule has 2 N–H and O–H groups in total. The molecule has 28 heavy (non-hydrogen) atoms. The molecular weight excluding hydrogens is 392 g/mol. The summed E-state index contributed by atoms with van der Waals surface area (Å²) in [6.07, 6.45) is 0. The molecule has 0 aromatic heterocycles. The smallest absolute Gasteiger partial charge is 0.255 e. The maximum absolute atomic E-state index is 12.4. The lowest BCUT2D eigenvalue weighted by atomic mass is 10.1. The van der Waals surface area contributed by atoms with E-state index in [1.807, 2.05) is 49.4 Å². The third-order valence-corrected chi connectivity index (χ3v) is 5.26. The number of benzene rings is 3. The summed E-state index contributed by atoms with van der Waals surface area (Å²) in [5.74, 6) is 0.0578. The zero-order chi connectivity index (χ0) is 19.9. The minimum atomic E-state index is -0.138. The van der Waals surface area contributed by atoms with E-state index in [1.54, 1.807) is 30.3 Å². The number of amides is 2. The Labute approximate surface area is 173 Å². The van der Waals surface area contributed by atoms with Gasteiger partial charge in [-0.1, -0.05) is 29.8 Å². The van der Waals surface area contributed by atoms with Crippen LogP contribution < -0.4 is 10.6 Å². The molecule has 3 rings (SSSR count). The van der Waals surface area contributed by atoms with Gasteiger partial charge >= 0.3 is 0 Å². The molecule has 142 valence electrons. The van der Waals surface area contributed by atoms with Crippen molar-refractivity contribution in [3.05, 3.63) is 88.9 Å². The molecule has 3 aromatic rings. The largest absolute Gasteiger partial charge is 0.325 e. The van der Waals surface area contributed by atoms with Crippen LogP contribution in [0, 0.1) is 6.92 Å². The van der Waals surface area contributed by atoms with Crippen molar-refractivity contribution in [3.63, 3.8) is 0 Å². The second-order valence-electron chi connectivity index (χ2n) is 6.14. The first-order chi connectivity index (χ1) is 13.5. The predicted octanol–water partition coefficient (Wildman–Crippen LogP) is 5.63. The summed E-state index contributed by atoms with van der Waals surface area (Å²) in [6, 6.07) is 21.9. The number of hydrogen-bond donors (Lipinski definition) is 2. The first kappa shape index (κ1) is 20.0. The number of carbonyl (C=O) groups excluding carboxylic acids is 2. The average molecular weight is 411 g/mol. The number of hydrogen-bond acceptors (Lipinski definition) is 3. The summed E-state index contributed by atoms with van der Waals surface area (Å²) in [7, 11) is 0. The van der Waals surface area contributed by atoms with Gasteiger partial charge in [-0.3, -0.25) is 9.59 Å². The summed E-state index contributed by atoms with van der Waals surface area (Å²) in [4.78, 5) is 25.3. The van der Waals surface area contributed by atoms with Crippen molar-refractivity contribution in [2.45, 2.75) is 11.8 Å². The molecule has 0 unspecified atom stereocenters. The lowest BCUT2D eigenvalue weighted by Gasteiger charge is -2.09. The van der Waals surface area contributed by atoms with Crippen LogP contribution in [0.4, 0.5) is 11.4 Å². The Bertz CT molecular complexity index is 973. The molecule has 6 heteroatoms. The molecule has 2 amide bonds. The van der Waals surface area contributed by atoms with Gasteiger partial charge in [0.1, 0.15) is 0 Å². The van der Waals surface area contributed by atoms with Gasteiger partial charge in [0.25, 0.3) is 5.91 Å². The van der Waals surface area contributed by atoms with Crippen molar-refractivity contribution in [2.75, 3.05) is 16.4 Å². The molecule has 0 atom stereocenters. The van der Waals surface area contributed by atoms with Crippen molar-refractivity contribution in [1.82, 2.24) is 0 Å². The fourth-order valence-electron chi connectivity index (χ4n) is 2.54. The van der Waals surface area contributed by atoms with Crippen LogP contribution in [0.3, 0.4) is 0 Å². The van der Waals surface area contributed by atoms with Gasteiger partial charge in [0.05, 0.1) is 5.75 Å². The molecule has 0 fully saturated rings. The molecular formula is C22H19ClN2O2S. The summed E-state index contributed by atoms with van der Waals surface area (Å²) in [5, 5.41) is 6.34. The van der Waals surface area contributed by atoms with E-state index < -0.39 is 0 Å². The maximum Gasteiger partial charge on any atom is 0.255 e. The number of halogens is 1. The topological polar surface area (TPSA) is 58.2 Å². The van der Waals surface area contributed by atoms with Crippen molar-refractivity contribution in [1.29, 1.82) is 0 Å². The molecule has 0 aliphatic rings. The van der Waals surface area contributed by atoms with Crippen LogP contribution in [0.2, 0.25) is 5.02 Å². The van der Waals surface area contributed by atoms with Gasteiger partial charge in [0.2, 0.25) is 5.91 Å². The summed E-state index contributed by atoms with van der Waals surface area (Å²) < 4.78 is 0. The highest BCUT2D eigenvalue weighted by Gasteiger charge is 2.09. The lowest BCUT2D eigenvalue weighted by Crippen LogP contribution is -2.14. The van der Waals surface area contributed by atoms with Crippen LogP contribution in [0.1, 0.15) is 15.9 Å².